The first-order chi connectivity index (χ1) is 7.53. The van der Waals surface area contributed by atoms with E-state index >= 15 is 0 Å². The van der Waals surface area contributed by atoms with Gasteiger partial charge in [0.15, 0.2) is 0 Å². The summed E-state index contributed by atoms with van der Waals surface area (Å²) in [7, 11) is -3.54. The number of carbonyl (C=O) groups excluding carboxylic acids is 1. The van der Waals surface area contributed by atoms with Crippen LogP contribution in [0.25, 0.3) is 0 Å². The lowest BCUT2D eigenvalue weighted by molar-refractivity contribution is -0.148. The SMILES string of the molecule is CCOC(=O)C1CCCCN1S(=O)(=O)CCl. The average Bonchev–Trinajstić information content (AvgIpc) is 2.29. The van der Waals surface area contributed by atoms with Crippen molar-refractivity contribution in [1.29, 1.82) is 0 Å². The molecular weight excluding hydrogens is 254 g/mol. The highest BCUT2D eigenvalue weighted by Crippen LogP contribution is 2.22. The third kappa shape index (κ3) is 3.09. The lowest BCUT2D eigenvalue weighted by Gasteiger charge is -2.32. The number of ether oxygens (including phenoxy) is 1. The Morgan fingerprint density at radius 1 is 1.50 bits per heavy atom. The van der Waals surface area contributed by atoms with Gasteiger partial charge in [-0.3, -0.25) is 4.79 Å². The van der Waals surface area contributed by atoms with E-state index in [1.165, 1.54) is 4.31 Å². The second kappa shape index (κ2) is 5.84. The normalized spacial score (nSPS) is 23.0. The Hall–Kier alpha value is -0.330. The highest BCUT2D eigenvalue weighted by Gasteiger charge is 2.36. The predicted octanol–water partition coefficient (Wildman–Crippen LogP) is 0.930. The number of alkyl halides is 1. The average molecular weight is 270 g/mol. The summed E-state index contributed by atoms with van der Waals surface area (Å²) in [6.07, 6.45) is 2.10. The van der Waals surface area contributed by atoms with Crippen LogP contribution in [0, 0.1) is 0 Å². The number of esters is 1. The Bertz CT molecular complexity index is 343. The summed E-state index contributed by atoms with van der Waals surface area (Å²) in [6, 6.07) is -0.697. The van der Waals surface area contributed by atoms with Gasteiger partial charge in [-0.15, -0.1) is 11.6 Å². The Balaban J connectivity index is 2.83. The predicted molar refractivity (Wildman–Crippen MR) is 60.6 cm³/mol. The summed E-state index contributed by atoms with van der Waals surface area (Å²) in [6.45, 7) is 2.30. The minimum Gasteiger partial charge on any atom is -0.465 e. The fourth-order valence-electron chi connectivity index (χ4n) is 1.77. The Morgan fingerprint density at radius 3 is 2.75 bits per heavy atom. The van der Waals surface area contributed by atoms with Gasteiger partial charge in [-0.05, 0) is 26.2 Å². The minimum atomic E-state index is -3.54. The van der Waals surface area contributed by atoms with E-state index in [9.17, 15) is 13.2 Å². The van der Waals surface area contributed by atoms with Crippen LogP contribution in [0.1, 0.15) is 26.2 Å². The first kappa shape index (κ1) is 13.7. The Kier molecular flexibility index (Phi) is 5.01. The molecule has 1 saturated heterocycles. The van der Waals surface area contributed by atoms with E-state index in [0.29, 0.717) is 13.0 Å². The van der Waals surface area contributed by atoms with E-state index in [1.807, 2.05) is 0 Å². The van der Waals surface area contributed by atoms with Crippen LogP contribution in [-0.2, 0) is 19.6 Å². The minimum absolute atomic E-state index is 0.254. The molecule has 1 unspecified atom stereocenters. The monoisotopic (exact) mass is 269 g/mol. The lowest BCUT2D eigenvalue weighted by Crippen LogP contribution is -2.48. The molecule has 0 aromatic heterocycles. The van der Waals surface area contributed by atoms with Crippen LogP contribution >= 0.6 is 11.6 Å². The van der Waals surface area contributed by atoms with Crippen LogP contribution in [0.4, 0.5) is 0 Å². The molecule has 1 aliphatic rings. The molecule has 94 valence electrons. The molecule has 0 aromatic rings. The van der Waals surface area contributed by atoms with Crippen molar-refractivity contribution in [3.63, 3.8) is 0 Å². The van der Waals surface area contributed by atoms with Crippen LogP contribution in [-0.4, -0.2) is 43.1 Å². The van der Waals surface area contributed by atoms with Gasteiger partial charge < -0.3 is 4.74 Å². The molecule has 0 amide bonds. The van der Waals surface area contributed by atoms with Crippen molar-refractivity contribution in [2.24, 2.45) is 0 Å². The number of hydrogen-bond donors (Lipinski definition) is 0. The summed E-state index contributed by atoms with van der Waals surface area (Å²) in [5, 5.41) is -0.497. The Morgan fingerprint density at radius 2 is 2.19 bits per heavy atom. The van der Waals surface area contributed by atoms with E-state index in [2.05, 4.69) is 0 Å². The molecule has 0 saturated carbocycles. The van der Waals surface area contributed by atoms with E-state index in [0.717, 1.165) is 12.8 Å². The fraction of sp³-hybridized carbons (Fsp3) is 0.889. The summed E-state index contributed by atoms with van der Waals surface area (Å²) in [5.41, 5.74) is 0. The second-order valence-corrected chi connectivity index (χ2v) is 6.10. The van der Waals surface area contributed by atoms with Crippen molar-refractivity contribution in [3.05, 3.63) is 0 Å². The van der Waals surface area contributed by atoms with Gasteiger partial charge in [0.05, 0.1) is 6.61 Å². The maximum absolute atomic E-state index is 11.7. The second-order valence-electron chi connectivity index (χ2n) is 3.60. The molecule has 1 heterocycles. The summed E-state index contributed by atoms with van der Waals surface area (Å²) in [4.78, 5) is 11.6. The highest BCUT2D eigenvalue weighted by molar-refractivity contribution is 7.90. The molecule has 5 nitrogen and oxygen atoms in total. The van der Waals surface area contributed by atoms with Gasteiger partial charge >= 0.3 is 5.97 Å². The number of nitrogens with zero attached hydrogens (tertiary/aromatic N) is 1. The van der Waals surface area contributed by atoms with Gasteiger partial charge in [-0.1, -0.05) is 0 Å². The van der Waals surface area contributed by atoms with E-state index < -0.39 is 27.2 Å². The standard InChI is InChI=1S/C9H16ClNO4S/c1-2-15-9(12)8-5-3-4-6-11(8)16(13,14)7-10/h8H,2-7H2,1H3. The number of halogens is 1. The lowest BCUT2D eigenvalue weighted by atomic mass is 10.1. The summed E-state index contributed by atoms with van der Waals surface area (Å²) >= 11 is 5.39. The topological polar surface area (TPSA) is 63.7 Å². The van der Waals surface area contributed by atoms with Crippen molar-refractivity contribution in [2.45, 2.75) is 32.2 Å². The zero-order chi connectivity index (χ0) is 12.2. The maximum atomic E-state index is 11.7. The van der Waals surface area contributed by atoms with Crippen LogP contribution in [0.3, 0.4) is 0 Å². The van der Waals surface area contributed by atoms with Crippen molar-refractivity contribution in [3.8, 4) is 0 Å². The first-order valence-corrected chi connectivity index (χ1v) is 7.39. The van der Waals surface area contributed by atoms with Crippen LogP contribution in [0.5, 0.6) is 0 Å². The van der Waals surface area contributed by atoms with E-state index in [4.69, 9.17) is 16.3 Å². The molecule has 0 aromatic carbocycles. The molecule has 0 spiro atoms. The van der Waals surface area contributed by atoms with Gasteiger partial charge in [0.2, 0.25) is 10.0 Å². The third-order valence-corrected chi connectivity index (χ3v) is 4.76. The van der Waals surface area contributed by atoms with Crippen molar-refractivity contribution < 1.29 is 17.9 Å². The maximum Gasteiger partial charge on any atom is 0.324 e. The molecule has 16 heavy (non-hydrogen) atoms. The molecule has 0 N–H and O–H groups in total. The van der Waals surface area contributed by atoms with Crippen molar-refractivity contribution in [2.75, 3.05) is 18.4 Å². The largest absolute Gasteiger partial charge is 0.465 e. The number of hydrogen-bond acceptors (Lipinski definition) is 4. The molecule has 1 atom stereocenters. The number of rotatable bonds is 4. The molecule has 1 aliphatic heterocycles. The van der Waals surface area contributed by atoms with Crippen LogP contribution in [0.2, 0.25) is 0 Å². The first-order valence-electron chi connectivity index (χ1n) is 5.25. The zero-order valence-electron chi connectivity index (χ0n) is 9.19. The smallest absolute Gasteiger partial charge is 0.324 e. The van der Waals surface area contributed by atoms with Gasteiger partial charge in [0, 0.05) is 6.54 Å². The number of sulfonamides is 1. The van der Waals surface area contributed by atoms with Crippen LogP contribution < -0.4 is 0 Å². The summed E-state index contributed by atoms with van der Waals surface area (Å²) < 4.78 is 29.4. The Labute approximate surface area is 101 Å². The van der Waals surface area contributed by atoms with Gasteiger partial charge in [0.25, 0.3) is 0 Å². The quantitative estimate of drug-likeness (QED) is 0.563. The highest BCUT2D eigenvalue weighted by atomic mass is 35.5. The van der Waals surface area contributed by atoms with Gasteiger partial charge in [-0.2, -0.15) is 4.31 Å². The molecule has 0 aliphatic carbocycles. The molecule has 1 rings (SSSR count). The molecule has 0 radical (unpaired) electrons. The van der Waals surface area contributed by atoms with Crippen molar-refractivity contribution in [1.82, 2.24) is 4.31 Å². The van der Waals surface area contributed by atoms with E-state index in [1.54, 1.807) is 6.92 Å². The number of piperidine rings is 1. The van der Waals surface area contributed by atoms with E-state index in [-0.39, 0.29) is 6.61 Å². The molecule has 0 bridgehead atoms. The molecule has 1 fully saturated rings. The molecule has 7 heteroatoms. The summed E-state index contributed by atoms with van der Waals surface area (Å²) in [5.74, 6) is -0.476. The van der Waals surface area contributed by atoms with Gasteiger partial charge in [0.1, 0.15) is 11.3 Å². The van der Waals surface area contributed by atoms with Crippen LogP contribution in [0.15, 0.2) is 0 Å². The molecular formula is C9H16ClNO4S. The third-order valence-electron chi connectivity index (χ3n) is 2.51. The zero-order valence-corrected chi connectivity index (χ0v) is 10.8. The fourth-order valence-corrected chi connectivity index (χ4v) is 3.26. The van der Waals surface area contributed by atoms with Crippen molar-refractivity contribution >= 4 is 27.6 Å². The van der Waals surface area contributed by atoms with Gasteiger partial charge in [-0.25, -0.2) is 8.42 Å². The number of carbonyl (C=O) groups is 1.